The zero-order valence-electron chi connectivity index (χ0n) is 13.5. The largest absolute Gasteiger partial charge is 0.465 e. The second-order valence-corrected chi connectivity index (χ2v) is 6.52. The number of piperidine rings is 1. The number of pyridine rings is 1. The molecule has 1 saturated heterocycles. The van der Waals surface area contributed by atoms with Gasteiger partial charge in [0.2, 0.25) is 0 Å². The van der Waals surface area contributed by atoms with Gasteiger partial charge in [0.05, 0.1) is 25.4 Å². The summed E-state index contributed by atoms with van der Waals surface area (Å²) >= 11 is 0. The molecule has 3 heterocycles. The van der Waals surface area contributed by atoms with Crippen LogP contribution in [0.5, 0.6) is 0 Å². The van der Waals surface area contributed by atoms with Crippen LogP contribution in [-0.4, -0.2) is 52.6 Å². The van der Waals surface area contributed by atoms with Gasteiger partial charge in [-0.05, 0) is 29.4 Å². The number of hydrogen-bond acceptors (Lipinski definition) is 6. The molecule has 0 bridgehead atoms. The van der Waals surface area contributed by atoms with Crippen molar-refractivity contribution in [3.05, 3.63) is 41.9 Å². The normalized spacial score (nSPS) is 24.8. The van der Waals surface area contributed by atoms with Gasteiger partial charge in [-0.15, -0.1) is 0 Å². The van der Waals surface area contributed by atoms with Crippen molar-refractivity contribution >= 4 is 11.8 Å². The van der Waals surface area contributed by atoms with Crippen LogP contribution in [0, 0.1) is 17.8 Å². The molecule has 2 atom stereocenters. The highest BCUT2D eigenvalue weighted by atomic mass is 16.5. The molecule has 126 valence electrons. The lowest BCUT2D eigenvalue weighted by Gasteiger charge is -2.20. The molecule has 4 rings (SSSR count). The molecule has 2 aromatic rings. The number of rotatable bonds is 5. The molecule has 2 aromatic heterocycles. The molecular formula is C17H20N4O3. The van der Waals surface area contributed by atoms with E-state index in [4.69, 9.17) is 0 Å². The van der Waals surface area contributed by atoms with Gasteiger partial charge in [0, 0.05) is 32.1 Å². The molecule has 0 amide bonds. The summed E-state index contributed by atoms with van der Waals surface area (Å²) < 4.78 is 6.37. The first-order valence-electron chi connectivity index (χ1n) is 8.11. The molecule has 1 aliphatic heterocycles. The van der Waals surface area contributed by atoms with Gasteiger partial charge in [0.25, 0.3) is 0 Å². The Morgan fingerprint density at radius 2 is 2.12 bits per heavy atom. The summed E-state index contributed by atoms with van der Waals surface area (Å²) in [4.78, 5) is 18.3. The average molecular weight is 328 g/mol. The van der Waals surface area contributed by atoms with E-state index >= 15 is 0 Å². The highest BCUT2D eigenvalue weighted by molar-refractivity contribution is 5.88. The van der Waals surface area contributed by atoms with Gasteiger partial charge in [-0.3, -0.25) is 4.68 Å². The molecule has 2 unspecified atom stereocenters. The van der Waals surface area contributed by atoms with Crippen LogP contribution < -0.4 is 4.90 Å². The van der Waals surface area contributed by atoms with Gasteiger partial charge in [0.15, 0.2) is 0 Å². The van der Waals surface area contributed by atoms with E-state index in [2.05, 4.69) is 19.7 Å². The number of fused-ring (bicyclic) bond motifs is 1. The van der Waals surface area contributed by atoms with Crippen molar-refractivity contribution in [3.63, 3.8) is 0 Å². The van der Waals surface area contributed by atoms with Crippen LogP contribution in [0.25, 0.3) is 0 Å². The first-order valence-corrected chi connectivity index (χ1v) is 8.11. The van der Waals surface area contributed by atoms with E-state index < -0.39 is 0 Å². The maximum atomic E-state index is 11.4. The van der Waals surface area contributed by atoms with Crippen LogP contribution in [0.4, 0.5) is 5.82 Å². The van der Waals surface area contributed by atoms with E-state index in [1.54, 1.807) is 10.9 Å². The second kappa shape index (κ2) is 5.90. The van der Waals surface area contributed by atoms with Crippen molar-refractivity contribution in [1.82, 2.24) is 14.8 Å². The van der Waals surface area contributed by atoms with E-state index in [-0.39, 0.29) is 5.97 Å². The van der Waals surface area contributed by atoms with E-state index in [1.165, 1.54) is 13.3 Å². The minimum absolute atomic E-state index is 0.312. The maximum absolute atomic E-state index is 11.4. The number of esters is 1. The SMILES string of the molecule is COC(=O)c1cnn(Cc2ccc(N3CC4C(CO)C4C3)nc2)c1. The number of anilines is 1. The van der Waals surface area contributed by atoms with Crippen LogP contribution >= 0.6 is 0 Å². The third kappa shape index (κ3) is 2.65. The van der Waals surface area contributed by atoms with Gasteiger partial charge >= 0.3 is 5.97 Å². The number of ether oxygens (including phenoxy) is 1. The standard InChI is InChI=1S/C17H20N4O3/c1-24-17(23)12-5-19-21(7-12)6-11-2-3-16(18-4-11)20-8-13-14(9-20)15(13)10-22/h2-5,7,13-15,22H,6,8-10H2,1H3. The maximum Gasteiger partial charge on any atom is 0.341 e. The van der Waals surface area contributed by atoms with E-state index in [1.807, 2.05) is 18.3 Å². The fraction of sp³-hybridized carbons (Fsp3) is 0.471. The molecule has 1 aliphatic carbocycles. The Bertz CT molecular complexity index is 731. The monoisotopic (exact) mass is 328 g/mol. The Morgan fingerprint density at radius 1 is 1.33 bits per heavy atom. The third-order valence-electron chi connectivity index (χ3n) is 5.11. The topological polar surface area (TPSA) is 80.5 Å². The number of nitrogens with zero attached hydrogens (tertiary/aromatic N) is 4. The van der Waals surface area contributed by atoms with Gasteiger partial charge in [-0.2, -0.15) is 5.10 Å². The van der Waals surface area contributed by atoms with E-state index in [0.717, 1.165) is 24.5 Å². The minimum Gasteiger partial charge on any atom is -0.465 e. The Kier molecular flexibility index (Phi) is 3.72. The number of carbonyl (C=O) groups excluding carboxylic acids is 1. The Morgan fingerprint density at radius 3 is 2.75 bits per heavy atom. The minimum atomic E-state index is -0.386. The van der Waals surface area contributed by atoms with Crippen molar-refractivity contribution in [2.24, 2.45) is 17.8 Å². The van der Waals surface area contributed by atoms with Gasteiger partial charge in [-0.1, -0.05) is 6.07 Å². The molecule has 1 saturated carbocycles. The van der Waals surface area contributed by atoms with E-state index in [0.29, 0.717) is 36.5 Å². The number of hydrogen-bond donors (Lipinski definition) is 1. The summed E-state index contributed by atoms with van der Waals surface area (Å²) in [5.74, 6) is 2.38. The fourth-order valence-electron chi connectivity index (χ4n) is 3.66. The number of carbonyl (C=O) groups is 1. The predicted molar refractivity (Wildman–Crippen MR) is 86.7 cm³/mol. The molecule has 0 spiro atoms. The summed E-state index contributed by atoms with van der Waals surface area (Å²) in [6.45, 7) is 2.85. The smallest absolute Gasteiger partial charge is 0.341 e. The molecule has 2 aliphatic rings. The summed E-state index contributed by atoms with van der Waals surface area (Å²) in [6.07, 6.45) is 5.02. The number of aromatic nitrogens is 3. The summed E-state index contributed by atoms with van der Waals surface area (Å²) in [7, 11) is 1.35. The third-order valence-corrected chi connectivity index (χ3v) is 5.11. The molecule has 7 nitrogen and oxygen atoms in total. The summed E-state index contributed by atoms with van der Waals surface area (Å²) in [6, 6.07) is 4.06. The Balaban J connectivity index is 1.38. The quantitative estimate of drug-likeness (QED) is 0.817. The van der Waals surface area contributed by atoms with Crippen molar-refractivity contribution < 1.29 is 14.6 Å². The highest BCUT2D eigenvalue weighted by Crippen LogP contribution is 2.51. The molecule has 2 fully saturated rings. The van der Waals surface area contributed by atoms with Crippen LogP contribution in [0.3, 0.4) is 0 Å². The fourth-order valence-corrected chi connectivity index (χ4v) is 3.66. The van der Waals surface area contributed by atoms with Crippen LogP contribution in [-0.2, 0) is 11.3 Å². The van der Waals surface area contributed by atoms with Crippen LogP contribution in [0.2, 0.25) is 0 Å². The number of aliphatic hydroxyl groups is 1. The zero-order valence-corrected chi connectivity index (χ0v) is 13.5. The van der Waals surface area contributed by atoms with Gasteiger partial charge in [-0.25, -0.2) is 9.78 Å². The van der Waals surface area contributed by atoms with Crippen LogP contribution in [0.1, 0.15) is 15.9 Å². The molecule has 7 heteroatoms. The molecule has 0 aromatic carbocycles. The van der Waals surface area contributed by atoms with Crippen molar-refractivity contribution in [3.8, 4) is 0 Å². The predicted octanol–water partition coefficient (Wildman–Crippen LogP) is 0.787. The summed E-state index contributed by atoms with van der Waals surface area (Å²) in [5.41, 5.74) is 1.47. The molecule has 1 N–H and O–H groups in total. The first kappa shape index (κ1) is 15.1. The highest BCUT2D eigenvalue weighted by Gasteiger charge is 2.55. The van der Waals surface area contributed by atoms with Crippen molar-refractivity contribution in [1.29, 1.82) is 0 Å². The van der Waals surface area contributed by atoms with Crippen molar-refractivity contribution in [2.45, 2.75) is 6.54 Å². The lowest BCUT2D eigenvalue weighted by Crippen LogP contribution is -2.25. The number of methoxy groups -OCH3 is 1. The molecule has 0 radical (unpaired) electrons. The number of aliphatic hydroxyl groups excluding tert-OH is 1. The Labute approximate surface area is 139 Å². The zero-order chi connectivity index (χ0) is 16.7. The summed E-state index contributed by atoms with van der Waals surface area (Å²) in [5, 5.41) is 13.4. The van der Waals surface area contributed by atoms with Gasteiger partial charge in [0.1, 0.15) is 5.82 Å². The lowest BCUT2D eigenvalue weighted by molar-refractivity contribution is 0.0600. The second-order valence-electron chi connectivity index (χ2n) is 6.52. The lowest BCUT2D eigenvalue weighted by atomic mass is 10.2. The van der Waals surface area contributed by atoms with Gasteiger partial charge < -0.3 is 14.7 Å². The molecule has 24 heavy (non-hydrogen) atoms. The van der Waals surface area contributed by atoms with Crippen LogP contribution in [0.15, 0.2) is 30.7 Å². The average Bonchev–Trinajstić information content (AvgIpc) is 2.97. The van der Waals surface area contributed by atoms with E-state index in [9.17, 15) is 9.90 Å². The molecular weight excluding hydrogens is 308 g/mol. The Hall–Kier alpha value is -2.41. The first-order chi connectivity index (χ1) is 11.7. The van der Waals surface area contributed by atoms with Crippen molar-refractivity contribution in [2.75, 3.05) is 31.7 Å².